The summed E-state index contributed by atoms with van der Waals surface area (Å²) < 4.78 is 5.25. The van der Waals surface area contributed by atoms with Crippen molar-refractivity contribution < 1.29 is 9.53 Å². The van der Waals surface area contributed by atoms with Crippen molar-refractivity contribution in [2.45, 2.75) is 38.1 Å². The number of amides is 2. The molecule has 3 N–H and O–H groups in total. The molecule has 6 heteroatoms. The molecule has 0 unspecified atom stereocenters. The standard InChI is InChI=1S/C13H23N3O2S/c1-10-2-4-13(5-3-10,11(14)19)15-12(17)16-6-8-18-9-7-16/h10H,2-9H2,1H3,(H2,14,19)(H,15,17). The van der Waals surface area contributed by atoms with E-state index in [1.807, 2.05) is 0 Å². The van der Waals surface area contributed by atoms with Gasteiger partial charge in [-0.1, -0.05) is 19.1 Å². The molecule has 19 heavy (non-hydrogen) atoms. The summed E-state index contributed by atoms with van der Waals surface area (Å²) in [4.78, 5) is 14.5. The second-order valence-electron chi connectivity index (χ2n) is 5.66. The predicted octanol–water partition coefficient (Wildman–Crippen LogP) is 1.26. The van der Waals surface area contributed by atoms with E-state index in [1.165, 1.54) is 0 Å². The first-order valence-corrected chi connectivity index (χ1v) is 7.39. The van der Waals surface area contributed by atoms with Crippen LogP contribution in [0.4, 0.5) is 4.79 Å². The van der Waals surface area contributed by atoms with Crippen LogP contribution in [0.2, 0.25) is 0 Å². The Morgan fingerprint density at radius 1 is 1.37 bits per heavy atom. The molecule has 0 spiro atoms. The van der Waals surface area contributed by atoms with Gasteiger partial charge < -0.3 is 20.7 Å². The number of nitrogens with one attached hydrogen (secondary N) is 1. The third-order valence-electron chi connectivity index (χ3n) is 4.24. The molecule has 2 aliphatic rings. The molecule has 108 valence electrons. The summed E-state index contributed by atoms with van der Waals surface area (Å²) in [5.41, 5.74) is 5.41. The second kappa shape index (κ2) is 6.05. The van der Waals surface area contributed by atoms with E-state index in [9.17, 15) is 4.79 Å². The quantitative estimate of drug-likeness (QED) is 0.750. The molecule has 0 atom stereocenters. The highest BCUT2D eigenvalue weighted by atomic mass is 32.1. The summed E-state index contributed by atoms with van der Waals surface area (Å²) in [5, 5.41) is 3.09. The second-order valence-corrected chi connectivity index (χ2v) is 6.10. The van der Waals surface area contributed by atoms with Crippen molar-refractivity contribution in [3.05, 3.63) is 0 Å². The monoisotopic (exact) mass is 285 g/mol. The molecular weight excluding hydrogens is 262 g/mol. The van der Waals surface area contributed by atoms with E-state index >= 15 is 0 Å². The van der Waals surface area contributed by atoms with Crippen LogP contribution in [0.3, 0.4) is 0 Å². The van der Waals surface area contributed by atoms with Crippen LogP contribution in [-0.4, -0.2) is 47.8 Å². The van der Waals surface area contributed by atoms with Crippen molar-refractivity contribution in [2.24, 2.45) is 11.7 Å². The number of carbonyl (C=O) groups is 1. The van der Waals surface area contributed by atoms with Gasteiger partial charge in [-0.15, -0.1) is 0 Å². The molecule has 0 aromatic carbocycles. The smallest absolute Gasteiger partial charge is 0.318 e. The molecule has 0 radical (unpaired) electrons. The fourth-order valence-corrected chi connectivity index (χ4v) is 2.99. The lowest BCUT2D eigenvalue weighted by molar-refractivity contribution is 0.0511. The summed E-state index contributed by atoms with van der Waals surface area (Å²) in [6.45, 7) is 4.70. The molecule has 0 aromatic rings. The summed E-state index contributed by atoms with van der Waals surface area (Å²) in [5.74, 6) is 0.683. The summed E-state index contributed by atoms with van der Waals surface area (Å²) in [6, 6.07) is -0.0642. The van der Waals surface area contributed by atoms with Crippen LogP contribution in [-0.2, 0) is 4.74 Å². The zero-order chi connectivity index (χ0) is 13.9. The molecule has 0 aromatic heterocycles. The SMILES string of the molecule is CC1CCC(NC(=O)N2CCOCC2)(C(N)=S)CC1. The molecule has 2 fully saturated rings. The fourth-order valence-electron chi connectivity index (χ4n) is 2.74. The van der Waals surface area contributed by atoms with Crippen LogP contribution in [0.5, 0.6) is 0 Å². The van der Waals surface area contributed by atoms with Gasteiger partial charge in [-0.2, -0.15) is 0 Å². The number of hydrogen-bond donors (Lipinski definition) is 2. The first-order chi connectivity index (χ1) is 9.03. The molecule has 1 aliphatic heterocycles. The fraction of sp³-hybridized carbons (Fsp3) is 0.846. The number of hydrogen-bond acceptors (Lipinski definition) is 3. The molecule has 1 saturated heterocycles. The van der Waals surface area contributed by atoms with E-state index in [1.54, 1.807) is 4.90 Å². The minimum absolute atomic E-state index is 0.0642. The van der Waals surface area contributed by atoms with Crippen molar-refractivity contribution in [3.8, 4) is 0 Å². The Bertz CT molecular complexity index is 348. The largest absolute Gasteiger partial charge is 0.391 e. The Morgan fingerprint density at radius 2 is 1.95 bits per heavy atom. The zero-order valence-corrected chi connectivity index (χ0v) is 12.3. The normalized spacial score (nSPS) is 31.8. The number of nitrogens with two attached hydrogens (primary N) is 1. The van der Waals surface area contributed by atoms with E-state index in [0.717, 1.165) is 25.7 Å². The third kappa shape index (κ3) is 3.36. The molecule has 1 saturated carbocycles. The number of ether oxygens (including phenoxy) is 1. The Morgan fingerprint density at radius 3 is 2.47 bits per heavy atom. The molecule has 2 rings (SSSR count). The van der Waals surface area contributed by atoms with Gasteiger partial charge in [0.05, 0.1) is 23.7 Å². The van der Waals surface area contributed by atoms with Crippen LogP contribution in [0.15, 0.2) is 0 Å². The summed E-state index contributed by atoms with van der Waals surface area (Å²) in [6.07, 6.45) is 3.81. The van der Waals surface area contributed by atoms with E-state index < -0.39 is 5.54 Å². The highest BCUT2D eigenvalue weighted by molar-refractivity contribution is 7.80. The molecular formula is C13H23N3O2S. The number of urea groups is 1. The van der Waals surface area contributed by atoms with Crippen LogP contribution >= 0.6 is 12.2 Å². The molecule has 1 heterocycles. The highest BCUT2D eigenvalue weighted by Gasteiger charge is 2.39. The van der Waals surface area contributed by atoms with Gasteiger partial charge in [0, 0.05) is 13.1 Å². The van der Waals surface area contributed by atoms with Crippen LogP contribution in [0.1, 0.15) is 32.6 Å². The van der Waals surface area contributed by atoms with Gasteiger partial charge >= 0.3 is 6.03 Å². The lowest BCUT2D eigenvalue weighted by atomic mass is 9.77. The Balaban J connectivity index is 2.00. The number of rotatable bonds is 2. The van der Waals surface area contributed by atoms with Gasteiger partial charge in [0.1, 0.15) is 0 Å². The predicted molar refractivity (Wildman–Crippen MR) is 78.1 cm³/mol. The Labute approximate surface area is 119 Å². The molecule has 5 nitrogen and oxygen atoms in total. The van der Waals surface area contributed by atoms with Gasteiger partial charge in [-0.25, -0.2) is 4.79 Å². The number of thiocarbonyl (C=S) groups is 1. The zero-order valence-electron chi connectivity index (χ0n) is 11.5. The highest BCUT2D eigenvalue weighted by Crippen LogP contribution is 2.32. The Hall–Kier alpha value is -0.880. The minimum atomic E-state index is -0.489. The maximum absolute atomic E-state index is 12.3. The van der Waals surface area contributed by atoms with Crippen molar-refractivity contribution in [2.75, 3.05) is 26.3 Å². The average Bonchev–Trinajstić information content (AvgIpc) is 2.42. The van der Waals surface area contributed by atoms with E-state index in [-0.39, 0.29) is 6.03 Å². The lowest BCUT2D eigenvalue weighted by Crippen LogP contribution is -2.61. The maximum atomic E-state index is 12.3. The van der Waals surface area contributed by atoms with Crippen LogP contribution in [0.25, 0.3) is 0 Å². The van der Waals surface area contributed by atoms with Crippen molar-refractivity contribution in [1.29, 1.82) is 0 Å². The minimum Gasteiger partial charge on any atom is -0.391 e. The van der Waals surface area contributed by atoms with Gasteiger partial charge in [0.15, 0.2) is 0 Å². The Kier molecular flexibility index (Phi) is 4.62. The topological polar surface area (TPSA) is 67.6 Å². The first kappa shape index (κ1) is 14.5. The lowest BCUT2D eigenvalue weighted by Gasteiger charge is -2.41. The number of morpholine rings is 1. The maximum Gasteiger partial charge on any atom is 0.318 e. The van der Waals surface area contributed by atoms with Gasteiger partial charge in [0.2, 0.25) is 0 Å². The van der Waals surface area contributed by atoms with Crippen molar-refractivity contribution >= 4 is 23.2 Å². The first-order valence-electron chi connectivity index (χ1n) is 6.98. The molecule has 2 amide bonds. The van der Waals surface area contributed by atoms with Gasteiger partial charge in [0.25, 0.3) is 0 Å². The van der Waals surface area contributed by atoms with E-state index in [4.69, 9.17) is 22.7 Å². The van der Waals surface area contributed by atoms with Crippen LogP contribution < -0.4 is 11.1 Å². The van der Waals surface area contributed by atoms with E-state index in [0.29, 0.717) is 37.2 Å². The van der Waals surface area contributed by atoms with Crippen molar-refractivity contribution in [1.82, 2.24) is 10.2 Å². The third-order valence-corrected chi connectivity index (χ3v) is 4.63. The van der Waals surface area contributed by atoms with E-state index in [2.05, 4.69) is 12.2 Å². The summed E-state index contributed by atoms with van der Waals surface area (Å²) in [7, 11) is 0. The van der Waals surface area contributed by atoms with Crippen molar-refractivity contribution in [3.63, 3.8) is 0 Å². The average molecular weight is 285 g/mol. The summed E-state index contributed by atoms with van der Waals surface area (Å²) >= 11 is 5.21. The molecule has 1 aliphatic carbocycles. The number of carbonyl (C=O) groups excluding carboxylic acids is 1. The number of nitrogens with zero attached hydrogens (tertiary/aromatic N) is 1. The van der Waals surface area contributed by atoms with Gasteiger partial charge in [-0.05, 0) is 31.6 Å². The van der Waals surface area contributed by atoms with Gasteiger partial charge in [-0.3, -0.25) is 0 Å². The molecule has 0 bridgehead atoms. The van der Waals surface area contributed by atoms with Crippen LogP contribution in [0, 0.1) is 5.92 Å².